The predicted octanol–water partition coefficient (Wildman–Crippen LogP) is 3.81. The van der Waals surface area contributed by atoms with Crippen LogP contribution >= 0.6 is 0 Å². The predicted molar refractivity (Wildman–Crippen MR) is 99.6 cm³/mol. The summed E-state index contributed by atoms with van der Waals surface area (Å²) in [7, 11) is 1.51. The number of aldehydes is 1. The molecular formula is C21H19FN2O2. The summed E-state index contributed by atoms with van der Waals surface area (Å²) in [4.78, 5) is 14.8. The van der Waals surface area contributed by atoms with E-state index in [4.69, 9.17) is 10.5 Å². The molecule has 0 saturated heterocycles. The average molecular weight is 350 g/mol. The first-order valence-corrected chi connectivity index (χ1v) is 8.21. The minimum Gasteiger partial charge on any atom is -0.496 e. The van der Waals surface area contributed by atoms with Crippen LogP contribution in [0.2, 0.25) is 0 Å². The molecule has 0 saturated carbocycles. The summed E-state index contributed by atoms with van der Waals surface area (Å²) in [6.07, 6.45) is 3.15. The Kier molecular flexibility index (Phi) is 5.27. The van der Waals surface area contributed by atoms with E-state index in [1.807, 2.05) is 30.3 Å². The first-order chi connectivity index (χ1) is 12.6. The molecule has 2 N–H and O–H groups in total. The van der Waals surface area contributed by atoms with Crippen LogP contribution in [0.25, 0.3) is 11.1 Å². The van der Waals surface area contributed by atoms with Crippen molar-refractivity contribution in [3.8, 4) is 16.9 Å². The summed E-state index contributed by atoms with van der Waals surface area (Å²) in [6.45, 7) is 0. The molecule has 1 heterocycles. The zero-order chi connectivity index (χ0) is 18.5. The second kappa shape index (κ2) is 7.78. The monoisotopic (exact) mass is 350 g/mol. The van der Waals surface area contributed by atoms with Gasteiger partial charge >= 0.3 is 0 Å². The highest BCUT2D eigenvalue weighted by molar-refractivity contribution is 5.73. The molecule has 0 aliphatic carbocycles. The normalized spacial score (nSPS) is 10.5. The van der Waals surface area contributed by atoms with Crippen molar-refractivity contribution in [3.63, 3.8) is 0 Å². The number of ether oxygens (including phenoxy) is 1. The third kappa shape index (κ3) is 3.72. The van der Waals surface area contributed by atoms with Crippen molar-refractivity contribution in [2.45, 2.75) is 12.8 Å². The molecule has 0 fully saturated rings. The third-order valence-electron chi connectivity index (χ3n) is 4.18. The van der Waals surface area contributed by atoms with Gasteiger partial charge in [-0.1, -0.05) is 36.4 Å². The quantitative estimate of drug-likeness (QED) is 0.687. The molecule has 0 radical (unpaired) electrons. The number of carbonyl (C=O) groups excluding carboxylic acids is 1. The Morgan fingerprint density at radius 1 is 1.15 bits per heavy atom. The Bertz CT molecular complexity index is 924. The van der Waals surface area contributed by atoms with Crippen LogP contribution in [0.1, 0.15) is 16.7 Å². The van der Waals surface area contributed by atoms with Crippen molar-refractivity contribution < 1.29 is 13.9 Å². The van der Waals surface area contributed by atoms with E-state index in [1.165, 1.54) is 7.11 Å². The van der Waals surface area contributed by atoms with Crippen molar-refractivity contribution in [1.29, 1.82) is 0 Å². The maximum atomic E-state index is 15.3. The smallest absolute Gasteiger partial charge is 0.138 e. The molecule has 4 nitrogen and oxygen atoms in total. The number of hydrogen-bond donors (Lipinski definition) is 1. The Morgan fingerprint density at radius 3 is 2.69 bits per heavy atom. The summed E-state index contributed by atoms with van der Waals surface area (Å²) in [5, 5.41) is 0. The number of hydrogen-bond acceptors (Lipinski definition) is 4. The lowest BCUT2D eigenvalue weighted by Crippen LogP contribution is -2.00. The van der Waals surface area contributed by atoms with Gasteiger partial charge in [0, 0.05) is 19.0 Å². The van der Waals surface area contributed by atoms with E-state index in [-0.39, 0.29) is 12.2 Å². The van der Waals surface area contributed by atoms with Gasteiger partial charge in [-0.15, -0.1) is 0 Å². The molecular weight excluding hydrogens is 331 g/mol. The molecule has 132 valence electrons. The van der Waals surface area contributed by atoms with E-state index in [1.54, 1.807) is 24.4 Å². The molecule has 3 aromatic rings. The van der Waals surface area contributed by atoms with Crippen LogP contribution in [0, 0.1) is 5.82 Å². The van der Waals surface area contributed by atoms with Crippen molar-refractivity contribution in [2.75, 3.05) is 12.8 Å². The number of benzene rings is 2. The summed E-state index contributed by atoms with van der Waals surface area (Å²) < 4.78 is 20.7. The summed E-state index contributed by atoms with van der Waals surface area (Å²) in [6, 6.07) is 14.3. The van der Waals surface area contributed by atoms with Crippen LogP contribution in [0.5, 0.6) is 5.75 Å². The van der Waals surface area contributed by atoms with Crippen molar-refractivity contribution in [3.05, 3.63) is 77.2 Å². The van der Waals surface area contributed by atoms with Gasteiger partial charge in [-0.25, -0.2) is 9.37 Å². The van der Waals surface area contributed by atoms with Gasteiger partial charge in [0.1, 0.15) is 23.7 Å². The Morgan fingerprint density at radius 2 is 2.00 bits per heavy atom. The fourth-order valence-electron chi connectivity index (χ4n) is 2.89. The first-order valence-electron chi connectivity index (χ1n) is 8.21. The molecule has 0 atom stereocenters. The van der Waals surface area contributed by atoms with Crippen LogP contribution in [0.3, 0.4) is 0 Å². The SMILES string of the molecule is COc1ccc(Cc2ccc(N)nc2)c(F)c1-c1cccc(CC=O)c1. The maximum absolute atomic E-state index is 15.3. The van der Waals surface area contributed by atoms with Gasteiger partial charge in [-0.3, -0.25) is 0 Å². The number of nitrogen functional groups attached to an aromatic ring is 1. The molecule has 0 unspecified atom stereocenters. The van der Waals surface area contributed by atoms with Crippen LogP contribution < -0.4 is 10.5 Å². The molecule has 0 aliphatic heterocycles. The molecule has 26 heavy (non-hydrogen) atoms. The number of halogens is 1. The van der Waals surface area contributed by atoms with Crippen molar-refractivity contribution in [1.82, 2.24) is 4.98 Å². The van der Waals surface area contributed by atoms with Crippen LogP contribution in [0.4, 0.5) is 10.2 Å². The number of nitrogens with two attached hydrogens (primary N) is 1. The van der Waals surface area contributed by atoms with Crippen molar-refractivity contribution >= 4 is 12.1 Å². The molecule has 0 amide bonds. The van der Waals surface area contributed by atoms with Crippen LogP contribution in [-0.2, 0) is 17.6 Å². The van der Waals surface area contributed by atoms with E-state index in [0.717, 1.165) is 17.4 Å². The van der Waals surface area contributed by atoms with Gasteiger partial charge in [0.25, 0.3) is 0 Å². The van der Waals surface area contributed by atoms with E-state index in [0.29, 0.717) is 34.7 Å². The average Bonchev–Trinajstić information content (AvgIpc) is 2.65. The molecule has 1 aromatic heterocycles. The molecule has 2 aromatic carbocycles. The minimum absolute atomic E-state index is 0.286. The highest BCUT2D eigenvalue weighted by Crippen LogP contribution is 2.35. The van der Waals surface area contributed by atoms with Gasteiger partial charge in [0.05, 0.1) is 12.7 Å². The Hall–Kier alpha value is -3.21. The Balaban J connectivity index is 2.05. The van der Waals surface area contributed by atoms with Gasteiger partial charge in [0.2, 0.25) is 0 Å². The lowest BCUT2D eigenvalue weighted by atomic mass is 9.96. The summed E-state index contributed by atoms with van der Waals surface area (Å²) in [5.74, 6) is 0.533. The van der Waals surface area contributed by atoms with Gasteiger partial charge in [-0.05, 0) is 34.4 Å². The number of pyridine rings is 1. The second-order valence-corrected chi connectivity index (χ2v) is 5.96. The molecule has 0 spiro atoms. The molecule has 0 aliphatic rings. The number of methoxy groups -OCH3 is 1. The largest absolute Gasteiger partial charge is 0.496 e. The first kappa shape index (κ1) is 17.6. The standard InChI is InChI=1S/C21H19FN2O2/c1-26-18-7-6-17(12-15-5-8-19(23)24-13-15)21(22)20(18)16-4-2-3-14(11-16)9-10-25/h2-8,10-11,13H,9,12H2,1H3,(H2,23,24). The van der Waals surface area contributed by atoms with E-state index < -0.39 is 0 Å². The topological polar surface area (TPSA) is 65.2 Å². The highest BCUT2D eigenvalue weighted by atomic mass is 19.1. The third-order valence-corrected chi connectivity index (χ3v) is 4.18. The number of carbonyl (C=O) groups is 1. The number of nitrogens with zero attached hydrogens (tertiary/aromatic N) is 1. The van der Waals surface area contributed by atoms with E-state index >= 15 is 4.39 Å². The lowest BCUT2D eigenvalue weighted by molar-refractivity contribution is -0.107. The number of rotatable bonds is 6. The highest BCUT2D eigenvalue weighted by Gasteiger charge is 2.17. The molecule has 0 bridgehead atoms. The fraction of sp³-hybridized carbons (Fsp3) is 0.143. The number of aromatic nitrogens is 1. The summed E-state index contributed by atoms with van der Waals surface area (Å²) in [5.41, 5.74) is 8.89. The molecule has 3 rings (SSSR count). The van der Waals surface area contributed by atoms with Gasteiger partial charge in [0.15, 0.2) is 0 Å². The van der Waals surface area contributed by atoms with E-state index in [9.17, 15) is 4.79 Å². The second-order valence-electron chi connectivity index (χ2n) is 5.96. The van der Waals surface area contributed by atoms with Gasteiger partial charge in [-0.2, -0.15) is 0 Å². The minimum atomic E-state index is -0.343. The fourth-order valence-corrected chi connectivity index (χ4v) is 2.89. The zero-order valence-corrected chi connectivity index (χ0v) is 14.4. The van der Waals surface area contributed by atoms with Crippen LogP contribution in [-0.4, -0.2) is 18.4 Å². The summed E-state index contributed by atoms with van der Waals surface area (Å²) >= 11 is 0. The zero-order valence-electron chi connectivity index (χ0n) is 14.4. The molecule has 5 heteroatoms. The van der Waals surface area contributed by atoms with E-state index in [2.05, 4.69) is 4.98 Å². The van der Waals surface area contributed by atoms with Gasteiger partial charge < -0.3 is 15.3 Å². The van der Waals surface area contributed by atoms with Crippen LogP contribution in [0.15, 0.2) is 54.7 Å². The number of anilines is 1. The van der Waals surface area contributed by atoms with Crippen molar-refractivity contribution in [2.24, 2.45) is 0 Å². The maximum Gasteiger partial charge on any atom is 0.138 e. The Labute approximate surface area is 151 Å². The lowest BCUT2D eigenvalue weighted by Gasteiger charge is -2.14.